The second-order valence-corrected chi connectivity index (χ2v) is 5.36. The van der Waals surface area contributed by atoms with Crippen LogP contribution in [0.25, 0.3) is 0 Å². The number of carbonyl (C=O) groups is 2. The summed E-state index contributed by atoms with van der Waals surface area (Å²) in [5.74, 6) is -0.822. The van der Waals surface area contributed by atoms with Crippen LogP contribution in [0.1, 0.15) is 35.7 Å². The van der Waals surface area contributed by atoms with E-state index in [2.05, 4.69) is 0 Å². The third-order valence-corrected chi connectivity index (χ3v) is 3.90. The fourth-order valence-electron chi connectivity index (χ4n) is 2.94. The predicted molar refractivity (Wildman–Crippen MR) is 71.4 cm³/mol. The molecular weight excluding hydrogens is 242 g/mol. The van der Waals surface area contributed by atoms with E-state index in [9.17, 15) is 9.59 Å². The van der Waals surface area contributed by atoms with Gasteiger partial charge in [-0.1, -0.05) is 12.1 Å². The molecule has 3 rings (SSSR count). The SMILES string of the molecule is Cc1cccc2c1N(CC1CCC(C)O1)C(=O)C2=O. The van der Waals surface area contributed by atoms with Crippen LogP contribution in [0.2, 0.25) is 0 Å². The third kappa shape index (κ3) is 1.96. The molecule has 0 saturated carbocycles. The first-order valence-electron chi connectivity index (χ1n) is 6.69. The highest BCUT2D eigenvalue weighted by molar-refractivity contribution is 6.52. The fraction of sp³-hybridized carbons (Fsp3) is 0.467. The van der Waals surface area contributed by atoms with E-state index in [1.54, 1.807) is 11.0 Å². The highest BCUT2D eigenvalue weighted by atomic mass is 16.5. The number of para-hydroxylation sites is 1. The number of rotatable bonds is 2. The number of benzene rings is 1. The standard InChI is InChI=1S/C15H17NO3/c1-9-4-3-5-12-13(9)16(15(18)14(12)17)8-11-7-6-10(2)19-11/h3-5,10-11H,6-8H2,1-2H3. The fourth-order valence-corrected chi connectivity index (χ4v) is 2.94. The highest BCUT2D eigenvalue weighted by Gasteiger charge is 2.38. The van der Waals surface area contributed by atoms with E-state index in [1.807, 2.05) is 26.0 Å². The topological polar surface area (TPSA) is 46.6 Å². The van der Waals surface area contributed by atoms with Gasteiger partial charge in [0.25, 0.3) is 11.7 Å². The van der Waals surface area contributed by atoms with Crippen LogP contribution in [-0.4, -0.2) is 30.4 Å². The van der Waals surface area contributed by atoms with Crippen molar-refractivity contribution in [1.29, 1.82) is 0 Å². The van der Waals surface area contributed by atoms with E-state index in [4.69, 9.17) is 4.74 Å². The van der Waals surface area contributed by atoms with E-state index in [0.29, 0.717) is 12.1 Å². The molecule has 19 heavy (non-hydrogen) atoms. The summed E-state index contributed by atoms with van der Waals surface area (Å²) >= 11 is 0. The van der Waals surface area contributed by atoms with E-state index in [-0.39, 0.29) is 12.2 Å². The summed E-state index contributed by atoms with van der Waals surface area (Å²) in [5.41, 5.74) is 2.25. The Labute approximate surface area is 112 Å². The van der Waals surface area contributed by atoms with Gasteiger partial charge in [0.1, 0.15) is 0 Å². The number of amides is 1. The third-order valence-electron chi connectivity index (χ3n) is 3.90. The molecule has 0 aromatic heterocycles. The minimum Gasteiger partial charge on any atom is -0.373 e. The summed E-state index contributed by atoms with van der Waals surface area (Å²) in [6, 6.07) is 5.47. The smallest absolute Gasteiger partial charge is 0.299 e. The van der Waals surface area contributed by atoms with Gasteiger partial charge in [-0.2, -0.15) is 0 Å². The molecule has 1 amide bonds. The van der Waals surface area contributed by atoms with E-state index in [1.165, 1.54) is 0 Å². The van der Waals surface area contributed by atoms with Crippen LogP contribution >= 0.6 is 0 Å². The Morgan fingerprint density at radius 1 is 1.32 bits per heavy atom. The molecular formula is C15H17NO3. The molecule has 100 valence electrons. The maximum Gasteiger partial charge on any atom is 0.299 e. The monoisotopic (exact) mass is 259 g/mol. The molecule has 1 saturated heterocycles. The number of carbonyl (C=O) groups excluding carboxylic acids is 2. The van der Waals surface area contributed by atoms with Gasteiger partial charge in [-0.15, -0.1) is 0 Å². The first kappa shape index (κ1) is 12.4. The van der Waals surface area contributed by atoms with Crippen molar-refractivity contribution in [2.24, 2.45) is 0 Å². The number of hydrogen-bond acceptors (Lipinski definition) is 3. The zero-order valence-corrected chi connectivity index (χ0v) is 11.2. The Morgan fingerprint density at radius 3 is 2.79 bits per heavy atom. The van der Waals surface area contributed by atoms with E-state index < -0.39 is 11.7 Å². The lowest BCUT2D eigenvalue weighted by atomic mass is 10.1. The molecule has 0 radical (unpaired) electrons. The van der Waals surface area contributed by atoms with Crippen LogP contribution in [0.15, 0.2) is 18.2 Å². The number of ketones is 1. The van der Waals surface area contributed by atoms with Gasteiger partial charge in [0.2, 0.25) is 0 Å². The van der Waals surface area contributed by atoms with Crippen LogP contribution in [0.3, 0.4) is 0 Å². The molecule has 2 atom stereocenters. The van der Waals surface area contributed by atoms with Gasteiger partial charge < -0.3 is 9.64 Å². The lowest BCUT2D eigenvalue weighted by Crippen LogP contribution is -2.37. The number of fused-ring (bicyclic) bond motifs is 1. The molecule has 4 heteroatoms. The van der Waals surface area contributed by atoms with Gasteiger partial charge in [0, 0.05) is 0 Å². The summed E-state index contributed by atoms with van der Waals surface area (Å²) in [4.78, 5) is 25.7. The molecule has 1 aromatic carbocycles. The van der Waals surface area contributed by atoms with Crippen molar-refractivity contribution in [2.75, 3.05) is 11.4 Å². The van der Waals surface area contributed by atoms with Crippen molar-refractivity contribution < 1.29 is 14.3 Å². The molecule has 0 aliphatic carbocycles. The lowest BCUT2D eigenvalue weighted by molar-refractivity contribution is -0.114. The number of ether oxygens (including phenoxy) is 1. The Kier molecular flexibility index (Phi) is 2.90. The molecule has 2 aliphatic heterocycles. The van der Waals surface area contributed by atoms with E-state index >= 15 is 0 Å². The van der Waals surface area contributed by atoms with Crippen molar-refractivity contribution in [3.8, 4) is 0 Å². The molecule has 0 N–H and O–H groups in total. The number of Topliss-reactive ketones (excluding diaryl/α,β-unsaturated/α-hetero) is 1. The van der Waals surface area contributed by atoms with Crippen molar-refractivity contribution in [1.82, 2.24) is 0 Å². The molecule has 4 nitrogen and oxygen atoms in total. The quantitative estimate of drug-likeness (QED) is 0.764. The summed E-state index contributed by atoms with van der Waals surface area (Å²) < 4.78 is 5.76. The van der Waals surface area contributed by atoms with E-state index in [0.717, 1.165) is 24.1 Å². The predicted octanol–water partition coefficient (Wildman–Crippen LogP) is 2.09. The maximum atomic E-state index is 12.1. The minimum absolute atomic E-state index is 0.0392. The highest BCUT2D eigenvalue weighted by Crippen LogP contribution is 2.33. The molecule has 1 fully saturated rings. The Balaban J connectivity index is 1.91. The van der Waals surface area contributed by atoms with Gasteiger partial charge in [-0.3, -0.25) is 9.59 Å². The number of nitrogens with zero attached hydrogens (tertiary/aromatic N) is 1. The Bertz CT molecular complexity index is 552. The summed E-state index contributed by atoms with van der Waals surface area (Å²) in [6.45, 7) is 4.44. The normalized spacial score (nSPS) is 26.1. The number of hydrogen-bond donors (Lipinski definition) is 0. The summed E-state index contributed by atoms with van der Waals surface area (Å²) in [6.07, 6.45) is 2.24. The summed E-state index contributed by atoms with van der Waals surface area (Å²) in [7, 11) is 0. The Hall–Kier alpha value is -1.68. The average Bonchev–Trinajstić information content (AvgIpc) is 2.89. The number of anilines is 1. The molecule has 1 aromatic rings. The first-order valence-corrected chi connectivity index (χ1v) is 6.69. The van der Waals surface area contributed by atoms with Crippen molar-refractivity contribution >= 4 is 17.4 Å². The van der Waals surface area contributed by atoms with Gasteiger partial charge in [0.15, 0.2) is 0 Å². The van der Waals surface area contributed by atoms with Crippen LogP contribution in [-0.2, 0) is 9.53 Å². The first-order chi connectivity index (χ1) is 9.08. The molecule has 0 spiro atoms. The van der Waals surface area contributed by atoms with Gasteiger partial charge >= 0.3 is 0 Å². The Morgan fingerprint density at radius 2 is 2.11 bits per heavy atom. The number of aryl methyl sites for hydroxylation is 1. The van der Waals surface area contributed by atoms with Gasteiger partial charge in [-0.25, -0.2) is 0 Å². The second-order valence-electron chi connectivity index (χ2n) is 5.36. The van der Waals surface area contributed by atoms with Crippen LogP contribution in [0.4, 0.5) is 5.69 Å². The molecule has 0 bridgehead atoms. The maximum absolute atomic E-state index is 12.1. The minimum atomic E-state index is -0.424. The lowest BCUT2D eigenvalue weighted by Gasteiger charge is -2.22. The van der Waals surface area contributed by atoms with Crippen LogP contribution in [0, 0.1) is 6.92 Å². The second kappa shape index (κ2) is 4.46. The van der Waals surface area contributed by atoms with Crippen LogP contribution in [0.5, 0.6) is 0 Å². The van der Waals surface area contributed by atoms with Gasteiger partial charge in [0.05, 0.1) is 30.0 Å². The molecule has 2 unspecified atom stereocenters. The molecule has 2 heterocycles. The largest absolute Gasteiger partial charge is 0.373 e. The molecule has 2 aliphatic rings. The zero-order valence-electron chi connectivity index (χ0n) is 11.2. The van der Waals surface area contributed by atoms with Crippen molar-refractivity contribution in [3.05, 3.63) is 29.3 Å². The van der Waals surface area contributed by atoms with Gasteiger partial charge in [-0.05, 0) is 38.3 Å². The average molecular weight is 259 g/mol. The van der Waals surface area contributed by atoms with Crippen molar-refractivity contribution in [2.45, 2.75) is 38.9 Å². The van der Waals surface area contributed by atoms with Crippen molar-refractivity contribution in [3.63, 3.8) is 0 Å². The zero-order chi connectivity index (χ0) is 13.6. The summed E-state index contributed by atoms with van der Waals surface area (Å²) in [5, 5.41) is 0. The van der Waals surface area contributed by atoms with Crippen LogP contribution < -0.4 is 4.90 Å².